The van der Waals surface area contributed by atoms with E-state index in [1.54, 1.807) is 11.8 Å². The van der Waals surface area contributed by atoms with Crippen LogP contribution in [-0.4, -0.2) is 65.5 Å². The van der Waals surface area contributed by atoms with E-state index in [0.717, 1.165) is 11.6 Å². The van der Waals surface area contributed by atoms with Crippen LogP contribution in [0, 0.1) is 5.92 Å². The van der Waals surface area contributed by atoms with Crippen molar-refractivity contribution in [3.63, 3.8) is 0 Å². The quantitative estimate of drug-likeness (QED) is 0.767. The lowest BCUT2D eigenvalue weighted by Gasteiger charge is -2.36. The monoisotopic (exact) mass is 271 g/mol. The molecule has 0 aliphatic carbocycles. The Bertz CT molecular complexity index is 321. The van der Waals surface area contributed by atoms with Gasteiger partial charge in [0.15, 0.2) is 0 Å². The molecule has 1 unspecified atom stereocenters. The normalized spacial score (nSPS) is 24.7. The number of hydrogen-bond donors (Lipinski definition) is 1. The molecule has 1 N–H and O–H groups in total. The maximum Gasteiger partial charge on any atom is 0.240 e. The number of piperazine rings is 1. The fraction of sp³-hybridized carbons (Fsp3) is 0.833. The third kappa shape index (κ3) is 2.98. The van der Waals surface area contributed by atoms with E-state index in [1.165, 1.54) is 0 Å². The van der Waals surface area contributed by atoms with E-state index in [9.17, 15) is 9.59 Å². The first-order valence-electron chi connectivity index (χ1n) is 6.48. The summed E-state index contributed by atoms with van der Waals surface area (Å²) in [5, 5.41) is 3.20. The van der Waals surface area contributed by atoms with Crippen molar-refractivity contribution < 1.29 is 9.59 Å². The second-order valence-electron chi connectivity index (χ2n) is 5.08. The first-order valence-corrected chi connectivity index (χ1v) is 7.63. The fourth-order valence-electron chi connectivity index (χ4n) is 2.29. The Morgan fingerprint density at radius 1 is 1.17 bits per heavy atom. The Morgan fingerprint density at radius 2 is 1.78 bits per heavy atom. The summed E-state index contributed by atoms with van der Waals surface area (Å²) in [7, 11) is 0. The molecular weight excluding hydrogens is 250 g/mol. The van der Waals surface area contributed by atoms with Crippen LogP contribution in [0.25, 0.3) is 0 Å². The van der Waals surface area contributed by atoms with Gasteiger partial charge in [0.25, 0.3) is 0 Å². The second kappa shape index (κ2) is 5.93. The van der Waals surface area contributed by atoms with Crippen molar-refractivity contribution in [2.75, 3.05) is 37.8 Å². The first kappa shape index (κ1) is 13.7. The molecule has 2 fully saturated rings. The standard InChI is InChI=1S/C12H21N3O2S/c1-9(2)11(16)14-3-5-15(6-4-14)12(17)10-7-18-8-13-10/h9-10,13H,3-8H2,1-2H3. The summed E-state index contributed by atoms with van der Waals surface area (Å²) < 4.78 is 0. The van der Waals surface area contributed by atoms with Gasteiger partial charge in [0.1, 0.15) is 0 Å². The average molecular weight is 271 g/mol. The van der Waals surface area contributed by atoms with Gasteiger partial charge in [-0.15, -0.1) is 11.8 Å². The van der Waals surface area contributed by atoms with Gasteiger partial charge < -0.3 is 9.80 Å². The average Bonchev–Trinajstić information content (AvgIpc) is 2.91. The van der Waals surface area contributed by atoms with Crippen molar-refractivity contribution in [2.45, 2.75) is 19.9 Å². The van der Waals surface area contributed by atoms with E-state index < -0.39 is 0 Å². The third-order valence-corrected chi connectivity index (χ3v) is 4.35. The minimum absolute atomic E-state index is 0.0256. The molecule has 2 aliphatic rings. The molecule has 0 saturated carbocycles. The summed E-state index contributed by atoms with van der Waals surface area (Å²) >= 11 is 1.76. The first-order chi connectivity index (χ1) is 8.59. The van der Waals surface area contributed by atoms with E-state index in [2.05, 4.69) is 5.32 Å². The van der Waals surface area contributed by atoms with Crippen molar-refractivity contribution in [3.05, 3.63) is 0 Å². The molecule has 6 heteroatoms. The SMILES string of the molecule is CC(C)C(=O)N1CCN(C(=O)C2CSCN2)CC1. The van der Waals surface area contributed by atoms with E-state index in [1.807, 2.05) is 23.6 Å². The number of carbonyl (C=O) groups is 2. The van der Waals surface area contributed by atoms with Gasteiger partial charge in [-0.2, -0.15) is 0 Å². The molecule has 0 aromatic heterocycles. The number of hydrogen-bond acceptors (Lipinski definition) is 4. The molecule has 2 heterocycles. The summed E-state index contributed by atoms with van der Waals surface area (Å²) in [6, 6.07) is -0.0256. The van der Waals surface area contributed by atoms with E-state index in [4.69, 9.17) is 0 Å². The zero-order valence-corrected chi connectivity index (χ0v) is 11.8. The molecule has 18 heavy (non-hydrogen) atoms. The van der Waals surface area contributed by atoms with Crippen LogP contribution in [0.5, 0.6) is 0 Å². The minimum atomic E-state index is -0.0256. The van der Waals surface area contributed by atoms with E-state index in [-0.39, 0.29) is 23.8 Å². The molecule has 2 aliphatic heterocycles. The predicted molar refractivity (Wildman–Crippen MR) is 72.2 cm³/mol. The van der Waals surface area contributed by atoms with Crippen LogP contribution in [0.2, 0.25) is 0 Å². The Balaban J connectivity index is 1.82. The smallest absolute Gasteiger partial charge is 0.240 e. The number of thioether (sulfide) groups is 1. The zero-order chi connectivity index (χ0) is 13.1. The van der Waals surface area contributed by atoms with Gasteiger partial charge in [-0.05, 0) is 0 Å². The van der Waals surface area contributed by atoms with Crippen molar-refractivity contribution in [2.24, 2.45) is 5.92 Å². The molecule has 0 spiro atoms. The molecule has 2 saturated heterocycles. The number of nitrogens with zero attached hydrogens (tertiary/aromatic N) is 2. The molecule has 102 valence electrons. The molecular formula is C12H21N3O2S. The number of nitrogens with one attached hydrogen (secondary N) is 1. The van der Waals surface area contributed by atoms with Gasteiger partial charge in [-0.1, -0.05) is 13.8 Å². The Kier molecular flexibility index (Phi) is 4.50. The van der Waals surface area contributed by atoms with Crippen LogP contribution < -0.4 is 5.32 Å². The maximum atomic E-state index is 12.2. The Labute approximate surface area is 112 Å². The lowest BCUT2D eigenvalue weighted by atomic mass is 10.1. The van der Waals surface area contributed by atoms with Crippen molar-refractivity contribution in [1.29, 1.82) is 0 Å². The second-order valence-corrected chi connectivity index (χ2v) is 6.11. The summed E-state index contributed by atoms with van der Waals surface area (Å²) in [6.07, 6.45) is 0. The molecule has 0 aromatic rings. The van der Waals surface area contributed by atoms with E-state index >= 15 is 0 Å². The van der Waals surface area contributed by atoms with Gasteiger partial charge >= 0.3 is 0 Å². The van der Waals surface area contributed by atoms with Gasteiger partial charge in [0, 0.05) is 43.7 Å². The van der Waals surface area contributed by atoms with Crippen LogP contribution in [0.3, 0.4) is 0 Å². The highest BCUT2D eigenvalue weighted by molar-refractivity contribution is 7.99. The summed E-state index contributed by atoms with van der Waals surface area (Å²) in [5.41, 5.74) is 0. The summed E-state index contributed by atoms with van der Waals surface area (Å²) in [6.45, 7) is 6.50. The highest BCUT2D eigenvalue weighted by Crippen LogP contribution is 2.14. The number of amides is 2. The summed E-state index contributed by atoms with van der Waals surface area (Å²) in [5.74, 6) is 2.15. The predicted octanol–water partition coefficient (Wildman–Crippen LogP) is -0.0243. The Morgan fingerprint density at radius 3 is 2.28 bits per heavy atom. The molecule has 2 rings (SSSR count). The molecule has 0 aromatic carbocycles. The van der Waals surface area contributed by atoms with Crippen LogP contribution in [0.1, 0.15) is 13.8 Å². The van der Waals surface area contributed by atoms with Gasteiger partial charge in [0.05, 0.1) is 6.04 Å². The van der Waals surface area contributed by atoms with Crippen LogP contribution in [0.15, 0.2) is 0 Å². The van der Waals surface area contributed by atoms with Crippen LogP contribution in [-0.2, 0) is 9.59 Å². The van der Waals surface area contributed by atoms with Crippen molar-refractivity contribution >= 4 is 23.6 Å². The summed E-state index contributed by atoms with van der Waals surface area (Å²) in [4.78, 5) is 27.7. The lowest BCUT2D eigenvalue weighted by molar-refractivity contribution is -0.142. The fourth-order valence-corrected chi connectivity index (χ4v) is 3.22. The zero-order valence-electron chi connectivity index (χ0n) is 11.0. The minimum Gasteiger partial charge on any atom is -0.339 e. The maximum absolute atomic E-state index is 12.2. The third-order valence-electron chi connectivity index (χ3n) is 3.41. The largest absolute Gasteiger partial charge is 0.339 e. The van der Waals surface area contributed by atoms with Crippen LogP contribution >= 0.6 is 11.8 Å². The van der Waals surface area contributed by atoms with Gasteiger partial charge in [-0.3, -0.25) is 14.9 Å². The van der Waals surface area contributed by atoms with Crippen molar-refractivity contribution in [1.82, 2.24) is 15.1 Å². The Hall–Kier alpha value is -0.750. The molecule has 2 amide bonds. The molecule has 0 bridgehead atoms. The molecule has 0 radical (unpaired) electrons. The van der Waals surface area contributed by atoms with Gasteiger partial charge in [0.2, 0.25) is 11.8 Å². The van der Waals surface area contributed by atoms with Crippen molar-refractivity contribution in [3.8, 4) is 0 Å². The van der Waals surface area contributed by atoms with Gasteiger partial charge in [-0.25, -0.2) is 0 Å². The molecule has 5 nitrogen and oxygen atoms in total. The lowest BCUT2D eigenvalue weighted by Crippen LogP contribution is -2.55. The number of carbonyl (C=O) groups excluding carboxylic acids is 2. The number of rotatable bonds is 2. The highest BCUT2D eigenvalue weighted by Gasteiger charge is 2.30. The van der Waals surface area contributed by atoms with Crippen LogP contribution in [0.4, 0.5) is 0 Å². The highest BCUT2D eigenvalue weighted by atomic mass is 32.2. The van der Waals surface area contributed by atoms with E-state index in [0.29, 0.717) is 26.2 Å². The topological polar surface area (TPSA) is 52.7 Å². The molecule has 1 atom stereocenters.